The van der Waals surface area contributed by atoms with Gasteiger partial charge in [-0.1, -0.05) is 26.0 Å². The lowest BCUT2D eigenvalue weighted by Gasteiger charge is -2.19. The normalized spacial score (nSPS) is 12.6. The van der Waals surface area contributed by atoms with E-state index in [4.69, 9.17) is 0 Å². The molecule has 0 saturated heterocycles. The number of nitrogens with zero attached hydrogens (tertiary/aromatic N) is 3. The van der Waals surface area contributed by atoms with Crippen LogP contribution in [0.1, 0.15) is 39.2 Å². The molecule has 2 rings (SSSR count). The first kappa shape index (κ1) is 21.5. The number of hydrogen-bond acceptors (Lipinski definition) is 2. The van der Waals surface area contributed by atoms with Gasteiger partial charge in [-0.15, -0.1) is 24.0 Å². The first-order valence-electron chi connectivity index (χ1n) is 8.64. The van der Waals surface area contributed by atoms with E-state index in [1.807, 2.05) is 24.0 Å². The second kappa shape index (κ2) is 11.1. The fraction of sp³-hybridized carbons (Fsp3) is 0.474. The summed E-state index contributed by atoms with van der Waals surface area (Å²) < 4.78 is 1.87. The van der Waals surface area contributed by atoms with E-state index in [1.165, 1.54) is 12.0 Å². The van der Waals surface area contributed by atoms with E-state index in [9.17, 15) is 0 Å². The van der Waals surface area contributed by atoms with Gasteiger partial charge >= 0.3 is 0 Å². The van der Waals surface area contributed by atoms with E-state index in [0.29, 0.717) is 6.04 Å². The molecule has 6 heteroatoms. The summed E-state index contributed by atoms with van der Waals surface area (Å²) in [6.45, 7) is 7.44. The van der Waals surface area contributed by atoms with Crippen LogP contribution >= 0.6 is 24.0 Å². The molecule has 2 aromatic rings. The zero-order valence-corrected chi connectivity index (χ0v) is 17.9. The summed E-state index contributed by atoms with van der Waals surface area (Å²) in [6.07, 6.45) is 6.10. The lowest BCUT2D eigenvalue weighted by atomic mass is 10.0. The predicted molar refractivity (Wildman–Crippen MR) is 116 cm³/mol. The molecular formula is C19H30IN5. The van der Waals surface area contributed by atoms with Crippen molar-refractivity contribution in [3.63, 3.8) is 0 Å². The second-order valence-corrected chi connectivity index (χ2v) is 6.56. The third-order valence-electron chi connectivity index (χ3n) is 3.92. The van der Waals surface area contributed by atoms with Gasteiger partial charge in [0.05, 0.1) is 5.69 Å². The van der Waals surface area contributed by atoms with Crippen LogP contribution in [0.4, 0.5) is 0 Å². The Morgan fingerprint density at radius 1 is 1.20 bits per heavy atom. The SMILES string of the molecule is CN=C(NCc1cccc(-n2cccn2)c1)NC(C)CCC(C)C.I. The summed E-state index contributed by atoms with van der Waals surface area (Å²) in [5.41, 5.74) is 2.26. The molecule has 0 bridgehead atoms. The van der Waals surface area contributed by atoms with Gasteiger partial charge in [-0.25, -0.2) is 4.68 Å². The predicted octanol–water partition coefficient (Wildman–Crippen LogP) is 3.98. The van der Waals surface area contributed by atoms with Gasteiger partial charge in [0.15, 0.2) is 5.96 Å². The Morgan fingerprint density at radius 2 is 2.00 bits per heavy atom. The maximum Gasteiger partial charge on any atom is 0.191 e. The molecule has 1 unspecified atom stereocenters. The van der Waals surface area contributed by atoms with Crippen LogP contribution in [-0.4, -0.2) is 28.8 Å². The Balaban J connectivity index is 0.00000312. The Hall–Kier alpha value is -1.57. The van der Waals surface area contributed by atoms with Crippen molar-refractivity contribution >= 4 is 29.9 Å². The molecule has 2 N–H and O–H groups in total. The summed E-state index contributed by atoms with van der Waals surface area (Å²) in [5, 5.41) is 11.1. The molecule has 1 atom stereocenters. The van der Waals surface area contributed by atoms with Crippen LogP contribution in [0, 0.1) is 5.92 Å². The molecule has 0 aliphatic rings. The Labute approximate surface area is 168 Å². The molecule has 0 fully saturated rings. The molecular weight excluding hydrogens is 425 g/mol. The van der Waals surface area contributed by atoms with Gasteiger partial charge < -0.3 is 10.6 Å². The lowest BCUT2D eigenvalue weighted by Crippen LogP contribution is -2.41. The minimum Gasteiger partial charge on any atom is -0.354 e. The van der Waals surface area contributed by atoms with Gasteiger partial charge in [0.1, 0.15) is 0 Å². The maximum atomic E-state index is 4.32. The average Bonchev–Trinajstić information content (AvgIpc) is 3.11. The molecule has 5 nitrogen and oxygen atoms in total. The minimum absolute atomic E-state index is 0. The van der Waals surface area contributed by atoms with Crippen LogP contribution in [0.25, 0.3) is 5.69 Å². The Morgan fingerprint density at radius 3 is 2.64 bits per heavy atom. The fourth-order valence-corrected chi connectivity index (χ4v) is 2.50. The molecule has 0 aliphatic heterocycles. The second-order valence-electron chi connectivity index (χ2n) is 6.56. The van der Waals surface area contributed by atoms with Crippen molar-refractivity contribution in [2.45, 2.75) is 46.2 Å². The molecule has 1 heterocycles. The third kappa shape index (κ3) is 7.46. The van der Waals surface area contributed by atoms with E-state index in [0.717, 1.165) is 30.5 Å². The summed E-state index contributed by atoms with van der Waals surface area (Å²) in [7, 11) is 1.81. The van der Waals surface area contributed by atoms with E-state index in [1.54, 1.807) is 6.20 Å². The molecule has 25 heavy (non-hydrogen) atoms. The first-order chi connectivity index (χ1) is 11.6. The summed E-state index contributed by atoms with van der Waals surface area (Å²) in [5.74, 6) is 1.57. The zero-order valence-electron chi connectivity index (χ0n) is 15.6. The number of rotatable bonds is 7. The standard InChI is InChI=1S/C19H29N5.HI/c1-15(2)9-10-16(3)23-19(20-4)21-14-17-7-5-8-18(13-17)24-12-6-11-22-24;/h5-8,11-13,15-16H,9-10,14H2,1-4H3,(H2,20,21,23);1H. The highest BCUT2D eigenvalue weighted by molar-refractivity contribution is 14.0. The molecule has 0 saturated carbocycles. The van der Waals surface area contributed by atoms with Crippen LogP contribution in [0.3, 0.4) is 0 Å². The summed E-state index contributed by atoms with van der Waals surface area (Å²) >= 11 is 0. The Kier molecular flexibility index (Phi) is 9.55. The quantitative estimate of drug-likeness (QED) is 0.377. The first-order valence-corrected chi connectivity index (χ1v) is 8.64. The van der Waals surface area contributed by atoms with Gasteiger partial charge in [0.2, 0.25) is 0 Å². The lowest BCUT2D eigenvalue weighted by molar-refractivity contribution is 0.489. The van der Waals surface area contributed by atoms with Gasteiger partial charge in [-0.3, -0.25) is 4.99 Å². The van der Waals surface area contributed by atoms with Crippen molar-refractivity contribution in [3.8, 4) is 5.69 Å². The van der Waals surface area contributed by atoms with Crippen molar-refractivity contribution in [1.82, 2.24) is 20.4 Å². The van der Waals surface area contributed by atoms with E-state index in [2.05, 4.69) is 65.8 Å². The molecule has 0 amide bonds. The Bertz CT molecular complexity index is 637. The molecule has 0 aliphatic carbocycles. The van der Waals surface area contributed by atoms with Crippen molar-refractivity contribution in [2.24, 2.45) is 10.9 Å². The van der Waals surface area contributed by atoms with Crippen LogP contribution in [-0.2, 0) is 6.54 Å². The molecule has 0 spiro atoms. The number of nitrogens with one attached hydrogen (secondary N) is 2. The van der Waals surface area contributed by atoms with Gasteiger partial charge in [0, 0.05) is 32.0 Å². The highest BCUT2D eigenvalue weighted by atomic mass is 127. The van der Waals surface area contributed by atoms with Gasteiger partial charge in [-0.2, -0.15) is 5.10 Å². The number of benzene rings is 1. The summed E-state index contributed by atoms with van der Waals surface area (Å²) in [6, 6.07) is 10.7. The van der Waals surface area contributed by atoms with Crippen LogP contribution in [0.2, 0.25) is 0 Å². The number of guanidine groups is 1. The maximum absolute atomic E-state index is 4.32. The average molecular weight is 455 g/mol. The number of hydrogen-bond donors (Lipinski definition) is 2. The van der Waals surface area contributed by atoms with Crippen LogP contribution < -0.4 is 10.6 Å². The monoisotopic (exact) mass is 455 g/mol. The zero-order chi connectivity index (χ0) is 17.4. The molecule has 1 aromatic carbocycles. The van der Waals surface area contributed by atoms with Gasteiger partial charge in [-0.05, 0) is 49.4 Å². The fourth-order valence-electron chi connectivity index (χ4n) is 2.50. The minimum atomic E-state index is 0. The highest BCUT2D eigenvalue weighted by Gasteiger charge is 2.06. The molecule has 138 valence electrons. The van der Waals surface area contributed by atoms with Crippen molar-refractivity contribution in [3.05, 3.63) is 48.3 Å². The molecule has 1 aromatic heterocycles. The number of aliphatic imine (C=N–C) groups is 1. The highest BCUT2D eigenvalue weighted by Crippen LogP contribution is 2.09. The van der Waals surface area contributed by atoms with Crippen LogP contribution in [0.5, 0.6) is 0 Å². The largest absolute Gasteiger partial charge is 0.354 e. The van der Waals surface area contributed by atoms with Gasteiger partial charge in [0.25, 0.3) is 0 Å². The van der Waals surface area contributed by atoms with Crippen molar-refractivity contribution < 1.29 is 0 Å². The van der Waals surface area contributed by atoms with E-state index in [-0.39, 0.29) is 24.0 Å². The molecule has 0 radical (unpaired) electrons. The number of halogens is 1. The third-order valence-corrected chi connectivity index (χ3v) is 3.92. The van der Waals surface area contributed by atoms with Crippen molar-refractivity contribution in [2.75, 3.05) is 7.05 Å². The summed E-state index contributed by atoms with van der Waals surface area (Å²) in [4.78, 5) is 4.32. The van der Waals surface area contributed by atoms with E-state index >= 15 is 0 Å². The van der Waals surface area contributed by atoms with Crippen LogP contribution in [0.15, 0.2) is 47.7 Å². The topological polar surface area (TPSA) is 54.2 Å². The smallest absolute Gasteiger partial charge is 0.191 e. The van der Waals surface area contributed by atoms with Crippen molar-refractivity contribution in [1.29, 1.82) is 0 Å². The van der Waals surface area contributed by atoms with E-state index < -0.39 is 0 Å². The number of aromatic nitrogens is 2.